The first-order valence-corrected chi connectivity index (χ1v) is 6.33. The van der Waals surface area contributed by atoms with Gasteiger partial charge in [-0.25, -0.2) is 4.68 Å². The number of nitrogens with zero attached hydrogens (tertiary/aromatic N) is 3. The van der Waals surface area contributed by atoms with Crippen LogP contribution in [-0.2, 0) is 0 Å². The molecule has 0 radical (unpaired) electrons. The lowest BCUT2D eigenvalue weighted by atomic mass is 10.1. The maximum atomic E-state index is 12.6. The maximum Gasteiger partial charge on any atom is 0.230 e. The second kappa shape index (κ2) is 5.09. The minimum atomic E-state index is -0.121. The Morgan fingerprint density at radius 2 is 1.80 bits per heavy atom. The Bertz CT molecular complexity index is 747. The van der Waals surface area contributed by atoms with E-state index in [-0.39, 0.29) is 5.78 Å². The van der Waals surface area contributed by atoms with Crippen LogP contribution in [-0.4, -0.2) is 20.5 Å². The molecule has 4 heteroatoms. The van der Waals surface area contributed by atoms with Crippen LogP contribution in [0.5, 0.6) is 0 Å². The number of pyridine rings is 1. The summed E-state index contributed by atoms with van der Waals surface area (Å²) in [7, 11) is 0. The Kier molecular flexibility index (Phi) is 3.13. The van der Waals surface area contributed by atoms with E-state index in [2.05, 4.69) is 10.1 Å². The Balaban J connectivity index is 2.07. The number of hydrogen-bond acceptors (Lipinski definition) is 3. The first-order valence-electron chi connectivity index (χ1n) is 6.33. The van der Waals surface area contributed by atoms with Gasteiger partial charge in [-0.15, -0.1) is 0 Å². The molecule has 4 nitrogen and oxygen atoms in total. The van der Waals surface area contributed by atoms with Crippen LogP contribution < -0.4 is 0 Å². The number of para-hydroxylation sites is 1. The minimum absolute atomic E-state index is 0.121. The SMILES string of the molecule is Cc1cccnc1C(=O)c1ccnn1-c1ccccc1. The zero-order valence-corrected chi connectivity index (χ0v) is 11.0. The molecule has 0 amide bonds. The molecular weight excluding hydrogens is 250 g/mol. The molecule has 2 aromatic heterocycles. The van der Waals surface area contributed by atoms with Gasteiger partial charge in [0.05, 0.1) is 11.9 Å². The van der Waals surface area contributed by atoms with Gasteiger partial charge in [-0.05, 0) is 36.8 Å². The van der Waals surface area contributed by atoms with Gasteiger partial charge in [-0.3, -0.25) is 9.78 Å². The number of carbonyl (C=O) groups excluding carboxylic acids is 1. The zero-order chi connectivity index (χ0) is 13.9. The molecule has 3 aromatic rings. The van der Waals surface area contributed by atoms with Crippen LogP contribution in [0, 0.1) is 6.92 Å². The molecule has 20 heavy (non-hydrogen) atoms. The molecule has 0 aliphatic rings. The van der Waals surface area contributed by atoms with Gasteiger partial charge >= 0.3 is 0 Å². The molecule has 0 aliphatic carbocycles. The molecule has 0 saturated carbocycles. The molecule has 0 atom stereocenters. The van der Waals surface area contributed by atoms with Crippen molar-refractivity contribution in [1.29, 1.82) is 0 Å². The average molecular weight is 263 g/mol. The normalized spacial score (nSPS) is 10.4. The zero-order valence-electron chi connectivity index (χ0n) is 11.0. The molecule has 1 aromatic carbocycles. The third kappa shape index (κ3) is 2.12. The molecule has 0 bridgehead atoms. The van der Waals surface area contributed by atoms with E-state index in [1.165, 1.54) is 0 Å². The number of ketones is 1. The molecule has 98 valence electrons. The number of benzene rings is 1. The summed E-state index contributed by atoms with van der Waals surface area (Å²) in [4.78, 5) is 16.8. The number of rotatable bonds is 3. The highest BCUT2D eigenvalue weighted by molar-refractivity contribution is 6.07. The lowest BCUT2D eigenvalue weighted by Crippen LogP contribution is -2.12. The van der Waals surface area contributed by atoms with Gasteiger partial charge in [-0.2, -0.15) is 5.10 Å². The van der Waals surface area contributed by atoms with E-state index >= 15 is 0 Å². The van der Waals surface area contributed by atoms with Gasteiger partial charge in [0.2, 0.25) is 5.78 Å². The Hall–Kier alpha value is -2.75. The molecule has 3 rings (SSSR count). The number of aromatic nitrogens is 3. The van der Waals surface area contributed by atoms with Crippen LogP contribution in [0.15, 0.2) is 60.9 Å². The summed E-state index contributed by atoms with van der Waals surface area (Å²) in [5.41, 5.74) is 2.69. The van der Waals surface area contributed by atoms with Gasteiger partial charge in [-0.1, -0.05) is 24.3 Å². The van der Waals surface area contributed by atoms with E-state index < -0.39 is 0 Å². The van der Waals surface area contributed by atoms with E-state index in [9.17, 15) is 4.79 Å². The smallest absolute Gasteiger partial charge is 0.230 e. The molecule has 0 aliphatic heterocycles. The van der Waals surface area contributed by atoms with Crippen LogP contribution in [0.3, 0.4) is 0 Å². The fourth-order valence-electron chi connectivity index (χ4n) is 2.09. The average Bonchev–Trinajstić information content (AvgIpc) is 2.97. The monoisotopic (exact) mass is 263 g/mol. The molecule has 0 unspecified atom stereocenters. The Morgan fingerprint density at radius 1 is 1.00 bits per heavy atom. The van der Waals surface area contributed by atoms with Crippen molar-refractivity contribution >= 4 is 5.78 Å². The molecular formula is C16H13N3O. The second-order valence-electron chi connectivity index (χ2n) is 4.46. The van der Waals surface area contributed by atoms with E-state index in [1.54, 1.807) is 23.1 Å². The first-order chi connectivity index (χ1) is 9.77. The highest BCUT2D eigenvalue weighted by atomic mass is 16.1. The number of hydrogen-bond donors (Lipinski definition) is 0. The lowest BCUT2D eigenvalue weighted by Gasteiger charge is -2.07. The first kappa shape index (κ1) is 12.3. The molecule has 0 spiro atoms. The van der Waals surface area contributed by atoms with Crippen LogP contribution in [0.4, 0.5) is 0 Å². The van der Waals surface area contributed by atoms with Crippen molar-refractivity contribution in [3.8, 4) is 5.69 Å². The minimum Gasteiger partial charge on any atom is -0.285 e. The largest absolute Gasteiger partial charge is 0.285 e. The van der Waals surface area contributed by atoms with Gasteiger partial charge in [0.1, 0.15) is 11.4 Å². The van der Waals surface area contributed by atoms with E-state index in [4.69, 9.17) is 0 Å². The third-order valence-electron chi connectivity index (χ3n) is 3.10. The second-order valence-corrected chi connectivity index (χ2v) is 4.46. The summed E-state index contributed by atoms with van der Waals surface area (Å²) >= 11 is 0. The molecule has 0 fully saturated rings. The maximum absolute atomic E-state index is 12.6. The summed E-state index contributed by atoms with van der Waals surface area (Å²) < 4.78 is 1.64. The highest BCUT2D eigenvalue weighted by Crippen LogP contribution is 2.15. The lowest BCUT2D eigenvalue weighted by molar-refractivity contribution is 0.102. The van der Waals surface area contributed by atoms with Crippen LogP contribution in [0.1, 0.15) is 21.7 Å². The van der Waals surface area contributed by atoms with Crippen molar-refractivity contribution in [3.05, 3.63) is 77.9 Å². The van der Waals surface area contributed by atoms with E-state index in [0.717, 1.165) is 11.3 Å². The third-order valence-corrected chi connectivity index (χ3v) is 3.10. The summed E-state index contributed by atoms with van der Waals surface area (Å²) in [5.74, 6) is -0.121. The van der Waals surface area contributed by atoms with Crippen LogP contribution in [0.25, 0.3) is 5.69 Å². The van der Waals surface area contributed by atoms with Crippen LogP contribution in [0.2, 0.25) is 0 Å². The fourth-order valence-corrected chi connectivity index (χ4v) is 2.09. The van der Waals surface area contributed by atoms with Crippen molar-refractivity contribution in [1.82, 2.24) is 14.8 Å². The highest BCUT2D eigenvalue weighted by Gasteiger charge is 2.18. The summed E-state index contributed by atoms with van der Waals surface area (Å²) in [6.45, 7) is 1.88. The van der Waals surface area contributed by atoms with Crippen molar-refractivity contribution in [2.45, 2.75) is 6.92 Å². The summed E-state index contributed by atoms with van der Waals surface area (Å²) in [6, 6.07) is 15.0. The van der Waals surface area contributed by atoms with Crippen LogP contribution >= 0.6 is 0 Å². The topological polar surface area (TPSA) is 47.8 Å². The van der Waals surface area contributed by atoms with Gasteiger partial charge in [0.15, 0.2) is 0 Å². The molecule has 2 heterocycles. The predicted molar refractivity (Wildman–Crippen MR) is 76.0 cm³/mol. The fraction of sp³-hybridized carbons (Fsp3) is 0.0625. The summed E-state index contributed by atoms with van der Waals surface area (Å²) in [6.07, 6.45) is 3.25. The molecule has 0 saturated heterocycles. The van der Waals surface area contributed by atoms with E-state index in [1.807, 2.05) is 49.4 Å². The van der Waals surface area contributed by atoms with E-state index in [0.29, 0.717) is 11.4 Å². The Labute approximate surface area is 116 Å². The predicted octanol–water partition coefficient (Wildman–Crippen LogP) is 2.81. The Morgan fingerprint density at radius 3 is 2.55 bits per heavy atom. The summed E-state index contributed by atoms with van der Waals surface area (Å²) in [5, 5.41) is 4.23. The van der Waals surface area contributed by atoms with Gasteiger partial charge < -0.3 is 0 Å². The quantitative estimate of drug-likeness (QED) is 0.683. The van der Waals surface area contributed by atoms with Crippen molar-refractivity contribution < 1.29 is 4.79 Å². The number of carbonyl (C=O) groups is 1. The van der Waals surface area contributed by atoms with Crippen molar-refractivity contribution in [3.63, 3.8) is 0 Å². The molecule has 0 N–H and O–H groups in total. The number of aryl methyl sites for hydroxylation is 1. The van der Waals surface area contributed by atoms with Gasteiger partial charge in [0, 0.05) is 6.20 Å². The van der Waals surface area contributed by atoms with Gasteiger partial charge in [0.25, 0.3) is 0 Å². The van der Waals surface area contributed by atoms with Crippen molar-refractivity contribution in [2.24, 2.45) is 0 Å². The van der Waals surface area contributed by atoms with Crippen molar-refractivity contribution in [2.75, 3.05) is 0 Å². The standard InChI is InChI=1S/C16H13N3O/c1-12-6-5-10-17-15(12)16(20)14-9-11-18-19(14)13-7-3-2-4-8-13/h2-11H,1H3.